The number of benzene rings is 3. The molecule has 1 atom stereocenters. The van der Waals surface area contributed by atoms with Crippen LogP contribution in [0.2, 0.25) is 15.1 Å². The van der Waals surface area contributed by atoms with Crippen LogP contribution in [-0.4, -0.2) is 37.1 Å². The third-order valence-electron chi connectivity index (χ3n) is 5.58. The van der Waals surface area contributed by atoms with Crippen LogP contribution in [0.25, 0.3) is 0 Å². The summed E-state index contributed by atoms with van der Waals surface area (Å²) >= 11 is 18.7. The zero-order valence-corrected chi connectivity index (χ0v) is 19.4. The van der Waals surface area contributed by atoms with Gasteiger partial charge in [-0.05, 0) is 48.5 Å². The predicted octanol–water partition coefficient (Wildman–Crippen LogP) is 5.93. The molecule has 1 amide bonds. The van der Waals surface area contributed by atoms with Crippen LogP contribution >= 0.6 is 34.8 Å². The van der Waals surface area contributed by atoms with E-state index in [4.69, 9.17) is 49.0 Å². The lowest BCUT2D eigenvalue weighted by Gasteiger charge is -2.29. The van der Waals surface area contributed by atoms with Crippen molar-refractivity contribution in [1.82, 2.24) is 4.90 Å². The van der Waals surface area contributed by atoms with E-state index in [1.807, 2.05) is 0 Å². The molecule has 0 bridgehead atoms. The summed E-state index contributed by atoms with van der Waals surface area (Å²) in [6.07, 6.45) is 0. The summed E-state index contributed by atoms with van der Waals surface area (Å²) in [6, 6.07) is 14.3. The normalized spacial score (nSPS) is 19.6. The predicted molar refractivity (Wildman–Crippen MR) is 123 cm³/mol. The highest BCUT2D eigenvalue weighted by Crippen LogP contribution is 2.50. The average molecular weight is 509 g/mol. The number of fused-ring (bicyclic) bond motifs is 1. The maximum absolute atomic E-state index is 15.0. The van der Waals surface area contributed by atoms with Gasteiger partial charge in [-0.1, -0.05) is 34.8 Å². The number of halogens is 4. The van der Waals surface area contributed by atoms with Crippen molar-refractivity contribution >= 4 is 40.7 Å². The zero-order chi connectivity index (χ0) is 23.2. The number of carbonyl (C=O) groups is 1. The van der Waals surface area contributed by atoms with Crippen LogP contribution in [0, 0.1) is 5.82 Å². The van der Waals surface area contributed by atoms with Crippen molar-refractivity contribution in [1.29, 1.82) is 0 Å². The van der Waals surface area contributed by atoms with Crippen LogP contribution in [0.1, 0.15) is 21.5 Å². The van der Waals surface area contributed by atoms with Crippen molar-refractivity contribution in [2.45, 2.75) is 5.79 Å². The molecule has 5 rings (SSSR count). The van der Waals surface area contributed by atoms with Crippen LogP contribution < -0.4 is 9.47 Å². The summed E-state index contributed by atoms with van der Waals surface area (Å²) in [4.78, 5) is 14.5. The van der Waals surface area contributed by atoms with Gasteiger partial charge >= 0.3 is 5.79 Å². The molecular formula is C24H17Cl3FNO4. The van der Waals surface area contributed by atoms with Gasteiger partial charge in [0.2, 0.25) is 0 Å². The summed E-state index contributed by atoms with van der Waals surface area (Å²) in [7, 11) is 0. The Kier molecular flexibility index (Phi) is 5.87. The minimum absolute atomic E-state index is 0.103. The summed E-state index contributed by atoms with van der Waals surface area (Å²) in [5.41, 5.74) is 0.940. The molecule has 0 saturated carbocycles. The summed E-state index contributed by atoms with van der Waals surface area (Å²) in [5.74, 6) is -2.30. The van der Waals surface area contributed by atoms with E-state index in [2.05, 4.69) is 0 Å². The van der Waals surface area contributed by atoms with Crippen molar-refractivity contribution in [2.24, 2.45) is 0 Å². The van der Waals surface area contributed by atoms with Crippen molar-refractivity contribution < 1.29 is 23.4 Å². The fourth-order valence-corrected chi connectivity index (χ4v) is 4.59. The molecule has 2 heterocycles. The molecule has 1 fully saturated rings. The van der Waals surface area contributed by atoms with Gasteiger partial charge in [-0.2, -0.15) is 0 Å². The molecule has 3 aromatic carbocycles. The Morgan fingerprint density at radius 3 is 2.18 bits per heavy atom. The lowest BCUT2D eigenvalue weighted by Crippen LogP contribution is -2.41. The minimum atomic E-state index is -1.53. The molecule has 0 spiro atoms. The number of ether oxygens (including phenoxy) is 3. The van der Waals surface area contributed by atoms with Crippen molar-refractivity contribution in [3.63, 3.8) is 0 Å². The molecule has 5 nitrogen and oxygen atoms in total. The smallest absolute Gasteiger partial charge is 0.307 e. The molecule has 3 aromatic rings. The Hall–Kier alpha value is -2.51. The first kappa shape index (κ1) is 22.3. The molecule has 170 valence electrons. The summed E-state index contributed by atoms with van der Waals surface area (Å²) in [6.45, 7) is 1.60. The Morgan fingerprint density at radius 2 is 1.52 bits per heavy atom. The Labute approximate surface area is 204 Å². The molecule has 2 aliphatic rings. The first-order valence-corrected chi connectivity index (χ1v) is 11.3. The lowest BCUT2D eigenvalue weighted by molar-refractivity contribution is -0.0458. The number of amides is 1. The topological polar surface area (TPSA) is 48.0 Å². The summed E-state index contributed by atoms with van der Waals surface area (Å²) in [5, 5.41) is 1.27. The monoisotopic (exact) mass is 507 g/mol. The molecule has 0 aromatic heterocycles. The van der Waals surface area contributed by atoms with Crippen molar-refractivity contribution in [2.75, 3.05) is 26.3 Å². The highest BCUT2D eigenvalue weighted by atomic mass is 35.5. The Morgan fingerprint density at radius 1 is 0.879 bits per heavy atom. The molecule has 0 radical (unpaired) electrons. The third kappa shape index (κ3) is 4.02. The lowest BCUT2D eigenvalue weighted by atomic mass is 9.97. The van der Waals surface area contributed by atoms with Gasteiger partial charge in [-0.3, -0.25) is 4.79 Å². The second kappa shape index (κ2) is 8.69. The van der Waals surface area contributed by atoms with Gasteiger partial charge in [0.1, 0.15) is 5.82 Å². The van der Waals surface area contributed by atoms with Crippen LogP contribution in [-0.2, 0) is 10.5 Å². The van der Waals surface area contributed by atoms with Gasteiger partial charge in [-0.25, -0.2) is 4.39 Å². The SMILES string of the molecule is O=C(c1cc2c(cc1F)OC(c1ccc(Cl)cc1)(c1ccc(Cl)cc1Cl)O2)N1CCOCC1. The Balaban J connectivity index is 1.59. The number of hydrogen-bond donors (Lipinski definition) is 0. The van der Waals surface area contributed by atoms with E-state index in [0.717, 1.165) is 6.07 Å². The molecule has 9 heteroatoms. The molecule has 2 aliphatic heterocycles. The maximum Gasteiger partial charge on any atom is 0.307 e. The van der Waals surface area contributed by atoms with Gasteiger partial charge in [0.15, 0.2) is 11.5 Å². The minimum Gasteiger partial charge on any atom is -0.440 e. The number of hydrogen-bond acceptors (Lipinski definition) is 4. The first-order valence-electron chi connectivity index (χ1n) is 10.2. The van der Waals surface area contributed by atoms with Crippen LogP contribution in [0.4, 0.5) is 4.39 Å². The van der Waals surface area contributed by atoms with E-state index in [0.29, 0.717) is 52.5 Å². The van der Waals surface area contributed by atoms with Gasteiger partial charge in [0.05, 0.1) is 29.4 Å². The van der Waals surface area contributed by atoms with Gasteiger partial charge in [0, 0.05) is 34.8 Å². The van der Waals surface area contributed by atoms with Crippen LogP contribution in [0.3, 0.4) is 0 Å². The first-order chi connectivity index (χ1) is 15.9. The van der Waals surface area contributed by atoms with E-state index in [1.165, 1.54) is 6.07 Å². The van der Waals surface area contributed by atoms with Crippen molar-refractivity contribution in [3.05, 3.63) is 92.2 Å². The van der Waals surface area contributed by atoms with E-state index in [1.54, 1.807) is 47.4 Å². The second-order valence-corrected chi connectivity index (χ2v) is 8.92. The number of nitrogens with zero attached hydrogens (tertiary/aromatic N) is 1. The largest absolute Gasteiger partial charge is 0.440 e. The van der Waals surface area contributed by atoms with Crippen LogP contribution in [0.5, 0.6) is 11.5 Å². The van der Waals surface area contributed by atoms with Gasteiger partial charge in [-0.15, -0.1) is 0 Å². The quantitative estimate of drug-likeness (QED) is 0.440. The zero-order valence-electron chi connectivity index (χ0n) is 17.1. The third-order valence-corrected chi connectivity index (χ3v) is 6.38. The molecule has 1 saturated heterocycles. The Bertz CT molecular complexity index is 1230. The van der Waals surface area contributed by atoms with Crippen LogP contribution in [0.15, 0.2) is 54.6 Å². The fraction of sp³-hybridized carbons (Fsp3) is 0.208. The standard InChI is InChI=1S/C24H17Cl3FNO4/c25-15-3-1-14(2-4-15)24(18-6-5-16(26)11-19(18)27)32-21-12-17(20(28)13-22(21)33-24)23(30)29-7-9-31-10-8-29/h1-6,11-13H,7-10H2. The van der Waals surface area contributed by atoms with Gasteiger partial charge < -0.3 is 19.1 Å². The second-order valence-electron chi connectivity index (χ2n) is 7.64. The van der Waals surface area contributed by atoms with E-state index >= 15 is 4.39 Å². The van der Waals surface area contributed by atoms with Gasteiger partial charge in [0.25, 0.3) is 5.91 Å². The molecule has 1 unspecified atom stereocenters. The highest BCUT2D eigenvalue weighted by Gasteiger charge is 2.47. The molecule has 33 heavy (non-hydrogen) atoms. The number of rotatable bonds is 3. The summed E-state index contributed by atoms with van der Waals surface area (Å²) < 4.78 is 32.8. The maximum atomic E-state index is 15.0. The molecular weight excluding hydrogens is 492 g/mol. The number of morpholine rings is 1. The molecule has 0 aliphatic carbocycles. The molecule has 0 N–H and O–H groups in total. The van der Waals surface area contributed by atoms with E-state index in [-0.39, 0.29) is 17.1 Å². The van der Waals surface area contributed by atoms with E-state index in [9.17, 15) is 4.79 Å². The average Bonchev–Trinajstić information content (AvgIpc) is 3.18. The van der Waals surface area contributed by atoms with E-state index < -0.39 is 17.5 Å². The number of carbonyl (C=O) groups excluding carboxylic acids is 1. The fourth-order valence-electron chi connectivity index (χ4n) is 3.93. The highest BCUT2D eigenvalue weighted by molar-refractivity contribution is 6.35. The van der Waals surface area contributed by atoms with Crippen molar-refractivity contribution in [3.8, 4) is 11.5 Å².